The summed E-state index contributed by atoms with van der Waals surface area (Å²) in [5.41, 5.74) is 11.7. The highest BCUT2D eigenvalue weighted by atomic mass is 32.1. The predicted molar refractivity (Wildman–Crippen MR) is 88.7 cm³/mol. The molecule has 0 radical (unpaired) electrons. The van der Waals surface area contributed by atoms with Crippen molar-refractivity contribution in [3.63, 3.8) is 0 Å². The van der Waals surface area contributed by atoms with Gasteiger partial charge in [-0.2, -0.15) is 0 Å². The summed E-state index contributed by atoms with van der Waals surface area (Å²) in [5, 5.41) is 0. The molecule has 0 spiro atoms. The van der Waals surface area contributed by atoms with Crippen molar-refractivity contribution in [2.24, 2.45) is 5.73 Å². The van der Waals surface area contributed by atoms with Crippen molar-refractivity contribution in [2.75, 3.05) is 6.61 Å². The Morgan fingerprint density at radius 3 is 2.76 bits per heavy atom. The largest absolute Gasteiger partial charge is 0.372 e. The second-order valence-electron chi connectivity index (χ2n) is 5.39. The van der Waals surface area contributed by atoms with Crippen LogP contribution in [-0.2, 0) is 11.2 Å². The topological polar surface area (TPSA) is 48.1 Å². The molecule has 4 heteroatoms. The second kappa shape index (κ2) is 7.69. The van der Waals surface area contributed by atoms with Crippen molar-refractivity contribution < 1.29 is 4.74 Å². The fourth-order valence-electron chi connectivity index (χ4n) is 2.37. The third-order valence-corrected chi connectivity index (χ3v) is 4.70. The quantitative estimate of drug-likeness (QED) is 0.846. The van der Waals surface area contributed by atoms with E-state index in [1.54, 1.807) is 11.3 Å². The minimum Gasteiger partial charge on any atom is -0.372 e. The lowest BCUT2D eigenvalue weighted by Gasteiger charge is -2.24. The van der Waals surface area contributed by atoms with Crippen molar-refractivity contribution in [3.8, 4) is 0 Å². The van der Waals surface area contributed by atoms with Crippen LogP contribution >= 0.6 is 11.3 Å². The highest BCUT2D eigenvalue weighted by molar-refractivity contribution is 7.09. The summed E-state index contributed by atoms with van der Waals surface area (Å²) in [6.45, 7) is 6.92. The molecule has 1 aromatic carbocycles. The third kappa shape index (κ3) is 4.37. The van der Waals surface area contributed by atoms with Crippen LogP contribution in [0.2, 0.25) is 0 Å². The van der Waals surface area contributed by atoms with Crippen molar-refractivity contribution in [2.45, 2.75) is 45.8 Å². The van der Waals surface area contributed by atoms with Crippen LogP contribution < -0.4 is 5.73 Å². The van der Waals surface area contributed by atoms with Crippen molar-refractivity contribution in [1.29, 1.82) is 0 Å². The molecule has 2 N–H and O–H groups in total. The minimum atomic E-state index is -0.0388. The first kappa shape index (κ1) is 16.1. The van der Waals surface area contributed by atoms with Crippen LogP contribution in [0.25, 0.3) is 0 Å². The number of thiazole rings is 1. The first-order valence-corrected chi connectivity index (χ1v) is 8.32. The number of aromatic nitrogens is 1. The zero-order valence-electron chi connectivity index (χ0n) is 13.0. The second-order valence-corrected chi connectivity index (χ2v) is 6.33. The van der Waals surface area contributed by atoms with Crippen molar-refractivity contribution >= 4 is 11.3 Å². The molecule has 0 saturated heterocycles. The lowest BCUT2D eigenvalue weighted by Crippen LogP contribution is -2.30. The minimum absolute atomic E-state index is 0.0226. The molecule has 3 nitrogen and oxygen atoms in total. The summed E-state index contributed by atoms with van der Waals surface area (Å²) < 4.78 is 6.12. The molecule has 0 aliphatic carbocycles. The molecule has 0 aliphatic heterocycles. The van der Waals surface area contributed by atoms with Crippen LogP contribution in [0.4, 0.5) is 0 Å². The number of hydrogen-bond acceptors (Lipinski definition) is 4. The number of hydrogen-bond donors (Lipinski definition) is 1. The van der Waals surface area contributed by atoms with Gasteiger partial charge in [0.15, 0.2) is 0 Å². The van der Waals surface area contributed by atoms with Gasteiger partial charge >= 0.3 is 0 Å². The number of nitrogens with two attached hydrogens (primary N) is 1. The SMILES string of the molecule is CCC(N)C(OCCc1scnc1C)c1cccc(C)c1. The number of nitrogens with zero attached hydrogens (tertiary/aromatic N) is 1. The number of ether oxygens (including phenoxy) is 1. The smallest absolute Gasteiger partial charge is 0.0975 e. The van der Waals surface area contributed by atoms with Crippen LogP contribution in [0, 0.1) is 13.8 Å². The Bertz CT molecular complexity index is 567. The summed E-state index contributed by atoms with van der Waals surface area (Å²) in [5.74, 6) is 0. The number of aryl methyl sites for hydroxylation is 2. The standard InChI is InChI=1S/C17H24N2OS/c1-4-15(18)17(14-7-5-6-12(2)10-14)20-9-8-16-13(3)19-11-21-16/h5-7,10-11,15,17H,4,8-9,18H2,1-3H3. The van der Waals surface area contributed by atoms with Gasteiger partial charge in [0.2, 0.25) is 0 Å². The molecule has 114 valence electrons. The summed E-state index contributed by atoms with van der Waals surface area (Å²) in [7, 11) is 0. The summed E-state index contributed by atoms with van der Waals surface area (Å²) in [4.78, 5) is 5.57. The Labute approximate surface area is 131 Å². The van der Waals surface area contributed by atoms with Crippen molar-refractivity contribution in [3.05, 3.63) is 51.5 Å². The van der Waals surface area contributed by atoms with Gasteiger partial charge in [-0.05, 0) is 25.8 Å². The predicted octanol–water partition coefficient (Wildman–Crippen LogP) is 3.80. The molecule has 2 atom stereocenters. The molecule has 2 unspecified atom stereocenters. The molecule has 0 amide bonds. The van der Waals surface area contributed by atoms with Gasteiger partial charge in [-0.1, -0.05) is 36.8 Å². The molecule has 2 aromatic rings. The molecular formula is C17H24N2OS. The van der Waals surface area contributed by atoms with Gasteiger partial charge in [0.05, 0.1) is 23.9 Å². The van der Waals surface area contributed by atoms with Crippen LogP contribution in [0.3, 0.4) is 0 Å². The average molecular weight is 304 g/mol. The van der Waals surface area contributed by atoms with E-state index in [1.165, 1.54) is 16.0 Å². The Morgan fingerprint density at radius 2 is 2.14 bits per heavy atom. The van der Waals surface area contributed by atoms with E-state index in [2.05, 4.69) is 43.1 Å². The first-order chi connectivity index (χ1) is 10.1. The molecular weight excluding hydrogens is 280 g/mol. The van der Waals surface area contributed by atoms with E-state index in [0.717, 1.165) is 18.5 Å². The zero-order valence-corrected chi connectivity index (χ0v) is 13.8. The Morgan fingerprint density at radius 1 is 1.33 bits per heavy atom. The molecule has 21 heavy (non-hydrogen) atoms. The molecule has 1 aromatic heterocycles. The van der Waals surface area contributed by atoms with Gasteiger partial charge in [0.25, 0.3) is 0 Å². The molecule has 0 bridgehead atoms. The Kier molecular flexibility index (Phi) is 5.91. The highest BCUT2D eigenvalue weighted by Gasteiger charge is 2.19. The molecule has 0 aliphatic rings. The van der Waals surface area contributed by atoms with Crippen LogP contribution in [0.1, 0.15) is 41.1 Å². The normalized spacial score (nSPS) is 14.1. The van der Waals surface area contributed by atoms with Crippen LogP contribution in [0.15, 0.2) is 29.8 Å². The van der Waals surface area contributed by atoms with Gasteiger partial charge in [-0.25, -0.2) is 4.98 Å². The fourth-order valence-corrected chi connectivity index (χ4v) is 3.14. The fraction of sp³-hybridized carbons (Fsp3) is 0.471. The van der Waals surface area contributed by atoms with Gasteiger partial charge in [0.1, 0.15) is 0 Å². The third-order valence-electron chi connectivity index (χ3n) is 3.70. The zero-order chi connectivity index (χ0) is 15.2. The van der Waals surface area contributed by atoms with E-state index in [-0.39, 0.29) is 12.1 Å². The monoisotopic (exact) mass is 304 g/mol. The lowest BCUT2D eigenvalue weighted by atomic mass is 9.99. The van der Waals surface area contributed by atoms with E-state index < -0.39 is 0 Å². The number of benzene rings is 1. The van der Waals surface area contributed by atoms with Gasteiger partial charge in [-0.3, -0.25) is 0 Å². The highest BCUT2D eigenvalue weighted by Crippen LogP contribution is 2.24. The van der Waals surface area contributed by atoms with Crippen molar-refractivity contribution in [1.82, 2.24) is 4.98 Å². The maximum absolute atomic E-state index is 6.25. The molecule has 1 heterocycles. The first-order valence-electron chi connectivity index (χ1n) is 7.44. The number of rotatable bonds is 7. The van der Waals surface area contributed by atoms with Gasteiger partial charge in [-0.15, -0.1) is 11.3 Å². The van der Waals surface area contributed by atoms with Gasteiger partial charge < -0.3 is 10.5 Å². The van der Waals surface area contributed by atoms with E-state index in [9.17, 15) is 0 Å². The Hall–Kier alpha value is -1.23. The molecule has 0 saturated carbocycles. The lowest BCUT2D eigenvalue weighted by molar-refractivity contribution is 0.0356. The average Bonchev–Trinajstić information content (AvgIpc) is 2.88. The van der Waals surface area contributed by atoms with E-state index in [1.807, 2.05) is 12.4 Å². The van der Waals surface area contributed by atoms with Crippen LogP contribution in [-0.4, -0.2) is 17.6 Å². The Balaban J connectivity index is 2.02. The van der Waals surface area contributed by atoms with Gasteiger partial charge in [0, 0.05) is 17.3 Å². The summed E-state index contributed by atoms with van der Waals surface area (Å²) in [6.07, 6.45) is 1.76. The van der Waals surface area contributed by atoms with Crippen LogP contribution in [0.5, 0.6) is 0 Å². The maximum atomic E-state index is 6.25. The van der Waals surface area contributed by atoms with E-state index in [4.69, 9.17) is 10.5 Å². The summed E-state index contributed by atoms with van der Waals surface area (Å²) >= 11 is 1.69. The molecule has 0 fully saturated rings. The maximum Gasteiger partial charge on any atom is 0.0975 e. The van der Waals surface area contributed by atoms with E-state index >= 15 is 0 Å². The van der Waals surface area contributed by atoms with E-state index in [0.29, 0.717) is 6.61 Å². The molecule has 2 rings (SSSR count). The summed E-state index contributed by atoms with van der Waals surface area (Å²) in [6, 6.07) is 8.45.